The van der Waals surface area contributed by atoms with Crippen LogP contribution < -0.4 is 10.6 Å². The summed E-state index contributed by atoms with van der Waals surface area (Å²) in [6.45, 7) is 7.05. The molecule has 0 unspecified atom stereocenters. The van der Waals surface area contributed by atoms with Crippen LogP contribution >= 0.6 is 0 Å². The number of urea groups is 1. The van der Waals surface area contributed by atoms with Gasteiger partial charge in [-0.1, -0.05) is 51.8 Å². The molecule has 3 rings (SSSR count). The topological polar surface area (TPSA) is 105 Å². The highest BCUT2D eigenvalue weighted by Crippen LogP contribution is 2.38. The van der Waals surface area contributed by atoms with E-state index < -0.39 is 36.1 Å². The zero-order chi connectivity index (χ0) is 23.5. The van der Waals surface area contributed by atoms with E-state index in [0.717, 1.165) is 36.1 Å². The lowest BCUT2D eigenvalue weighted by Crippen LogP contribution is -2.54. The quantitative estimate of drug-likeness (QED) is 0.495. The minimum atomic E-state index is -1.07. The number of amides is 4. The lowest BCUT2D eigenvalue weighted by Gasteiger charge is -2.36. The molecular weight excluding hydrogens is 410 g/mol. The largest absolute Gasteiger partial charge is 0.451 e. The van der Waals surface area contributed by atoms with E-state index >= 15 is 0 Å². The molecule has 4 atom stereocenters. The number of hydrogen-bond acceptors (Lipinski definition) is 5. The predicted octanol–water partition coefficient (Wildman–Crippen LogP) is 3.57. The Morgan fingerprint density at radius 3 is 2.66 bits per heavy atom. The van der Waals surface area contributed by atoms with E-state index in [1.165, 1.54) is 6.92 Å². The summed E-state index contributed by atoms with van der Waals surface area (Å²) in [5, 5.41) is 5.62. The van der Waals surface area contributed by atoms with E-state index in [1.807, 2.05) is 31.2 Å². The van der Waals surface area contributed by atoms with Crippen molar-refractivity contribution < 1.29 is 23.9 Å². The number of imide groups is 1. The zero-order valence-corrected chi connectivity index (χ0v) is 19.3. The Morgan fingerprint density at radius 1 is 1.25 bits per heavy atom. The molecule has 1 aliphatic heterocycles. The number of carbonyl (C=O) groups is 4. The molecule has 32 heavy (non-hydrogen) atoms. The second-order valence-electron chi connectivity index (χ2n) is 8.96. The van der Waals surface area contributed by atoms with Crippen LogP contribution in [-0.4, -0.2) is 46.9 Å². The Bertz CT molecular complexity index is 901. The van der Waals surface area contributed by atoms with Crippen LogP contribution in [0.25, 0.3) is 0 Å². The fourth-order valence-corrected chi connectivity index (χ4v) is 4.55. The summed E-state index contributed by atoms with van der Waals surface area (Å²) in [5.41, 5.74) is 0.753. The molecule has 0 bridgehead atoms. The van der Waals surface area contributed by atoms with E-state index in [9.17, 15) is 19.2 Å². The lowest BCUT2D eigenvalue weighted by molar-refractivity contribution is -0.155. The van der Waals surface area contributed by atoms with Crippen molar-refractivity contribution in [3.05, 3.63) is 29.8 Å². The van der Waals surface area contributed by atoms with Crippen LogP contribution in [0.15, 0.2) is 24.3 Å². The number of anilines is 1. The first-order chi connectivity index (χ1) is 15.2. The molecule has 174 valence electrons. The molecule has 1 spiro atoms. The van der Waals surface area contributed by atoms with Gasteiger partial charge in [-0.3, -0.25) is 19.3 Å². The molecule has 2 fully saturated rings. The normalized spacial score (nSPS) is 24.8. The molecule has 1 saturated carbocycles. The number of ether oxygens (including phenoxy) is 1. The van der Waals surface area contributed by atoms with Crippen LogP contribution in [-0.2, 0) is 19.1 Å². The first-order valence-corrected chi connectivity index (χ1v) is 11.4. The van der Waals surface area contributed by atoms with Gasteiger partial charge in [0, 0.05) is 5.69 Å². The van der Waals surface area contributed by atoms with Gasteiger partial charge in [0.15, 0.2) is 6.10 Å². The Balaban J connectivity index is 1.60. The minimum absolute atomic E-state index is 0.00371. The Kier molecular flexibility index (Phi) is 7.21. The van der Waals surface area contributed by atoms with E-state index in [-0.39, 0.29) is 17.7 Å². The van der Waals surface area contributed by atoms with Crippen molar-refractivity contribution in [2.24, 2.45) is 5.92 Å². The molecule has 0 radical (unpaired) electrons. The van der Waals surface area contributed by atoms with Crippen LogP contribution in [0.1, 0.15) is 71.3 Å². The SMILES string of the molecule is CC[C@H](C)c1ccccc1NC(=O)[C@H](C)OC(=O)CN1C(=O)N[C@@]2(CCCC[C@@H]2C)C1=O. The van der Waals surface area contributed by atoms with Crippen molar-refractivity contribution in [1.29, 1.82) is 0 Å². The van der Waals surface area contributed by atoms with Gasteiger partial charge in [-0.05, 0) is 49.7 Å². The van der Waals surface area contributed by atoms with Gasteiger partial charge in [-0.2, -0.15) is 0 Å². The van der Waals surface area contributed by atoms with Crippen molar-refractivity contribution in [3.8, 4) is 0 Å². The number of esters is 1. The molecule has 2 aliphatic rings. The van der Waals surface area contributed by atoms with Crippen LogP contribution in [0.4, 0.5) is 10.5 Å². The van der Waals surface area contributed by atoms with Crippen LogP contribution in [0, 0.1) is 5.92 Å². The van der Waals surface area contributed by atoms with E-state index in [1.54, 1.807) is 0 Å². The van der Waals surface area contributed by atoms with Gasteiger partial charge in [0.25, 0.3) is 11.8 Å². The van der Waals surface area contributed by atoms with Crippen molar-refractivity contribution >= 4 is 29.5 Å². The molecular formula is C24H33N3O5. The van der Waals surface area contributed by atoms with Gasteiger partial charge < -0.3 is 15.4 Å². The number of para-hydroxylation sites is 1. The Hall–Kier alpha value is -2.90. The van der Waals surface area contributed by atoms with Crippen molar-refractivity contribution in [2.45, 2.75) is 77.4 Å². The highest BCUT2D eigenvalue weighted by Gasteiger charge is 2.55. The summed E-state index contributed by atoms with van der Waals surface area (Å²) in [5.74, 6) is -1.38. The van der Waals surface area contributed by atoms with E-state index in [0.29, 0.717) is 12.1 Å². The third kappa shape index (κ3) is 4.64. The molecule has 1 heterocycles. The van der Waals surface area contributed by atoms with Crippen LogP contribution in [0.2, 0.25) is 0 Å². The molecule has 1 aliphatic carbocycles. The summed E-state index contributed by atoms with van der Waals surface area (Å²) < 4.78 is 5.25. The number of nitrogens with zero attached hydrogens (tertiary/aromatic N) is 1. The third-order valence-corrected chi connectivity index (χ3v) is 6.83. The third-order valence-electron chi connectivity index (χ3n) is 6.83. The number of carbonyl (C=O) groups excluding carboxylic acids is 4. The maximum absolute atomic E-state index is 13.0. The van der Waals surface area contributed by atoms with E-state index in [4.69, 9.17) is 4.74 Å². The second-order valence-corrected chi connectivity index (χ2v) is 8.96. The molecule has 1 aromatic carbocycles. The molecule has 2 N–H and O–H groups in total. The Labute approximate surface area is 189 Å². The summed E-state index contributed by atoms with van der Waals surface area (Å²) >= 11 is 0. The maximum atomic E-state index is 13.0. The van der Waals surface area contributed by atoms with Crippen LogP contribution in [0.5, 0.6) is 0 Å². The summed E-state index contributed by atoms with van der Waals surface area (Å²) in [7, 11) is 0. The number of benzene rings is 1. The first-order valence-electron chi connectivity index (χ1n) is 11.4. The first kappa shape index (κ1) is 23.8. The molecule has 8 nitrogen and oxygen atoms in total. The monoisotopic (exact) mass is 443 g/mol. The van der Waals surface area contributed by atoms with Crippen LogP contribution in [0.3, 0.4) is 0 Å². The van der Waals surface area contributed by atoms with E-state index in [2.05, 4.69) is 24.5 Å². The summed E-state index contributed by atoms with van der Waals surface area (Å²) in [4.78, 5) is 51.4. The molecule has 4 amide bonds. The fraction of sp³-hybridized carbons (Fsp3) is 0.583. The fourth-order valence-electron chi connectivity index (χ4n) is 4.55. The van der Waals surface area contributed by atoms with Gasteiger partial charge in [-0.15, -0.1) is 0 Å². The highest BCUT2D eigenvalue weighted by molar-refractivity contribution is 6.09. The number of rotatable bonds is 7. The average Bonchev–Trinajstić information content (AvgIpc) is 3.00. The Morgan fingerprint density at radius 2 is 1.97 bits per heavy atom. The van der Waals surface area contributed by atoms with Gasteiger partial charge in [0.2, 0.25) is 0 Å². The number of hydrogen-bond donors (Lipinski definition) is 2. The molecule has 8 heteroatoms. The zero-order valence-electron chi connectivity index (χ0n) is 19.3. The average molecular weight is 444 g/mol. The standard InChI is InChI=1S/C24H33N3O5/c1-5-15(2)18-11-6-7-12-19(18)25-21(29)17(4)32-20(28)14-27-22(30)24(26-23(27)31)13-9-8-10-16(24)3/h6-7,11-12,15-17H,5,8-10,13-14H2,1-4H3,(H,25,29)(H,26,31)/t15-,16-,17-,24+/m0/s1. The smallest absolute Gasteiger partial charge is 0.327 e. The molecule has 0 aromatic heterocycles. The summed E-state index contributed by atoms with van der Waals surface area (Å²) in [6, 6.07) is 6.93. The predicted molar refractivity (Wildman–Crippen MR) is 120 cm³/mol. The molecule has 1 saturated heterocycles. The summed E-state index contributed by atoms with van der Waals surface area (Å²) in [6.07, 6.45) is 3.13. The molecule has 1 aromatic rings. The van der Waals surface area contributed by atoms with Crippen molar-refractivity contribution in [2.75, 3.05) is 11.9 Å². The van der Waals surface area contributed by atoms with Crippen molar-refractivity contribution in [1.82, 2.24) is 10.2 Å². The minimum Gasteiger partial charge on any atom is -0.451 e. The van der Waals surface area contributed by atoms with Gasteiger partial charge >= 0.3 is 12.0 Å². The highest BCUT2D eigenvalue weighted by atomic mass is 16.5. The lowest BCUT2D eigenvalue weighted by atomic mass is 9.73. The van der Waals surface area contributed by atoms with Gasteiger partial charge in [-0.25, -0.2) is 4.79 Å². The van der Waals surface area contributed by atoms with Crippen molar-refractivity contribution in [3.63, 3.8) is 0 Å². The maximum Gasteiger partial charge on any atom is 0.327 e. The number of nitrogens with one attached hydrogen (secondary N) is 2. The second kappa shape index (κ2) is 9.71. The van der Waals surface area contributed by atoms with Gasteiger partial charge in [0.1, 0.15) is 12.1 Å². The van der Waals surface area contributed by atoms with Gasteiger partial charge in [0.05, 0.1) is 0 Å².